The van der Waals surface area contributed by atoms with Crippen molar-refractivity contribution in [2.24, 2.45) is 0 Å². The molecule has 0 spiro atoms. The molecular weight excluding hydrogens is 382 g/mol. The van der Waals surface area contributed by atoms with Gasteiger partial charge in [0, 0.05) is 51.9 Å². The van der Waals surface area contributed by atoms with Gasteiger partial charge in [-0.05, 0) is 23.8 Å². The van der Waals surface area contributed by atoms with Gasteiger partial charge in [-0.15, -0.1) is 0 Å². The topological polar surface area (TPSA) is 80.7 Å². The highest BCUT2D eigenvalue weighted by Crippen LogP contribution is 2.26. The van der Waals surface area contributed by atoms with Crippen molar-refractivity contribution < 1.29 is 14.3 Å². The van der Waals surface area contributed by atoms with Gasteiger partial charge in [0.05, 0.1) is 19.5 Å². The lowest BCUT2D eigenvalue weighted by Crippen LogP contribution is -2.33. The Labute approximate surface area is 176 Å². The average molecular weight is 407 g/mol. The minimum Gasteiger partial charge on any atom is -0.481 e. The summed E-state index contributed by atoms with van der Waals surface area (Å²) in [4.78, 5) is 27.9. The lowest BCUT2D eigenvalue weighted by Gasteiger charge is -2.22. The molecule has 0 saturated heterocycles. The van der Waals surface area contributed by atoms with Gasteiger partial charge < -0.3 is 19.3 Å². The molecule has 0 aliphatic rings. The monoisotopic (exact) mass is 407 g/mol. The maximum absolute atomic E-state index is 11.3. The van der Waals surface area contributed by atoms with Crippen molar-refractivity contribution in [2.45, 2.75) is 6.92 Å². The zero-order valence-electron chi connectivity index (χ0n) is 17.6. The SMILES string of the molecule is COc1ccc(-c2ccc(Oc3cncc(N(C)CCN(C)C(C)=O)n3)cc2)cn1. The van der Waals surface area contributed by atoms with E-state index in [9.17, 15) is 4.79 Å². The van der Waals surface area contributed by atoms with Gasteiger partial charge in [-0.3, -0.25) is 9.78 Å². The van der Waals surface area contributed by atoms with Crippen molar-refractivity contribution in [3.63, 3.8) is 0 Å². The molecule has 0 atom stereocenters. The molecule has 156 valence electrons. The molecular formula is C22H25N5O3. The lowest BCUT2D eigenvalue weighted by molar-refractivity contribution is -0.127. The van der Waals surface area contributed by atoms with Crippen molar-refractivity contribution in [2.75, 3.05) is 39.2 Å². The van der Waals surface area contributed by atoms with Crippen molar-refractivity contribution in [1.82, 2.24) is 19.9 Å². The molecule has 8 heteroatoms. The van der Waals surface area contributed by atoms with Crippen LogP contribution in [0.3, 0.4) is 0 Å². The molecule has 0 unspecified atom stereocenters. The number of ether oxygens (including phenoxy) is 2. The zero-order chi connectivity index (χ0) is 21.5. The van der Waals surface area contributed by atoms with E-state index in [1.807, 2.05) is 48.3 Å². The van der Waals surface area contributed by atoms with Crippen LogP contribution in [0.5, 0.6) is 17.5 Å². The van der Waals surface area contributed by atoms with Gasteiger partial charge in [0.2, 0.25) is 17.7 Å². The van der Waals surface area contributed by atoms with Crippen LogP contribution in [0.15, 0.2) is 55.0 Å². The second-order valence-electron chi connectivity index (χ2n) is 6.79. The van der Waals surface area contributed by atoms with E-state index in [1.165, 1.54) is 0 Å². The number of benzene rings is 1. The van der Waals surface area contributed by atoms with Crippen molar-refractivity contribution in [3.05, 3.63) is 55.0 Å². The number of likely N-dealkylation sites (N-methyl/N-ethyl adjacent to an activating group) is 2. The van der Waals surface area contributed by atoms with Crippen LogP contribution in [-0.4, -0.2) is 60.1 Å². The second-order valence-corrected chi connectivity index (χ2v) is 6.79. The Kier molecular flexibility index (Phi) is 6.79. The van der Waals surface area contributed by atoms with Crippen LogP contribution in [0.1, 0.15) is 6.92 Å². The molecule has 2 aromatic heterocycles. The number of amides is 1. The van der Waals surface area contributed by atoms with Crippen LogP contribution >= 0.6 is 0 Å². The smallest absolute Gasteiger partial charge is 0.239 e. The summed E-state index contributed by atoms with van der Waals surface area (Å²) in [5.74, 6) is 2.34. The van der Waals surface area contributed by atoms with Crippen molar-refractivity contribution in [3.8, 4) is 28.6 Å². The van der Waals surface area contributed by atoms with Crippen LogP contribution in [0.25, 0.3) is 11.1 Å². The summed E-state index contributed by atoms with van der Waals surface area (Å²) in [7, 11) is 5.26. The average Bonchev–Trinajstić information content (AvgIpc) is 2.78. The van der Waals surface area contributed by atoms with E-state index < -0.39 is 0 Å². The number of hydrogen-bond acceptors (Lipinski definition) is 7. The first-order valence-electron chi connectivity index (χ1n) is 9.49. The van der Waals surface area contributed by atoms with Crippen LogP contribution in [0, 0.1) is 0 Å². The molecule has 3 rings (SSSR count). The van der Waals surface area contributed by atoms with Crippen molar-refractivity contribution in [1.29, 1.82) is 0 Å². The summed E-state index contributed by atoms with van der Waals surface area (Å²) in [6.07, 6.45) is 5.00. The maximum Gasteiger partial charge on any atom is 0.239 e. The van der Waals surface area contributed by atoms with E-state index in [0.717, 1.165) is 11.1 Å². The number of carbonyl (C=O) groups is 1. The molecule has 0 bridgehead atoms. The number of aromatic nitrogens is 3. The molecule has 0 fully saturated rings. The van der Waals surface area contributed by atoms with E-state index >= 15 is 0 Å². The van der Waals surface area contributed by atoms with E-state index in [0.29, 0.717) is 36.4 Å². The minimum absolute atomic E-state index is 0.0282. The van der Waals surface area contributed by atoms with Gasteiger partial charge in [0.1, 0.15) is 5.75 Å². The third-order valence-electron chi connectivity index (χ3n) is 4.65. The number of anilines is 1. The molecule has 2 heterocycles. The summed E-state index contributed by atoms with van der Waals surface area (Å²) < 4.78 is 10.9. The van der Waals surface area contributed by atoms with E-state index in [4.69, 9.17) is 9.47 Å². The van der Waals surface area contributed by atoms with E-state index in [-0.39, 0.29) is 5.91 Å². The van der Waals surface area contributed by atoms with Gasteiger partial charge in [-0.2, -0.15) is 4.98 Å². The normalized spacial score (nSPS) is 10.4. The molecule has 1 amide bonds. The molecule has 1 aromatic carbocycles. The summed E-state index contributed by atoms with van der Waals surface area (Å²) in [5, 5.41) is 0. The summed E-state index contributed by atoms with van der Waals surface area (Å²) in [5.41, 5.74) is 2.01. The number of hydrogen-bond donors (Lipinski definition) is 0. The van der Waals surface area contributed by atoms with Gasteiger partial charge in [0.15, 0.2) is 5.82 Å². The van der Waals surface area contributed by atoms with Gasteiger partial charge >= 0.3 is 0 Å². The number of carbonyl (C=O) groups excluding carboxylic acids is 1. The van der Waals surface area contributed by atoms with Crippen LogP contribution < -0.4 is 14.4 Å². The predicted molar refractivity (Wildman–Crippen MR) is 115 cm³/mol. The second kappa shape index (κ2) is 9.69. The predicted octanol–water partition coefficient (Wildman–Crippen LogP) is 3.25. The molecule has 0 aliphatic carbocycles. The van der Waals surface area contributed by atoms with E-state index in [1.54, 1.807) is 44.6 Å². The quantitative estimate of drug-likeness (QED) is 0.567. The molecule has 30 heavy (non-hydrogen) atoms. The van der Waals surface area contributed by atoms with Crippen LogP contribution in [0.4, 0.5) is 5.82 Å². The maximum atomic E-state index is 11.3. The first-order chi connectivity index (χ1) is 14.5. The molecule has 0 radical (unpaired) electrons. The Balaban J connectivity index is 1.64. The lowest BCUT2D eigenvalue weighted by atomic mass is 10.1. The minimum atomic E-state index is 0.0282. The standard InChI is InChI=1S/C22H25N5O3/c1-16(28)26(2)11-12-27(3)20-14-23-15-22(25-20)30-19-8-5-17(6-9-19)18-7-10-21(29-4)24-13-18/h5-10,13-15H,11-12H2,1-4H3. The molecule has 3 aromatic rings. The largest absolute Gasteiger partial charge is 0.481 e. The molecule has 0 saturated carbocycles. The third kappa shape index (κ3) is 5.44. The Morgan fingerprint density at radius 3 is 2.30 bits per heavy atom. The highest BCUT2D eigenvalue weighted by molar-refractivity contribution is 5.72. The number of rotatable bonds is 8. The number of methoxy groups -OCH3 is 1. The number of nitrogens with zero attached hydrogens (tertiary/aromatic N) is 5. The Morgan fingerprint density at radius 1 is 0.933 bits per heavy atom. The Morgan fingerprint density at radius 2 is 1.67 bits per heavy atom. The van der Waals surface area contributed by atoms with Crippen LogP contribution in [-0.2, 0) is 4.79 Å². The first kappa shape index (κ1) is 21.0. The molecule has 0 N–H and O–H groups in total. The van der Waals surface area contributed by atoms with Gasteiger partial charge in [-0.1, -0.05) is 12.1 Å². The Bertz CT molecular complexity index is 977. The summed E-state index contributed by atoms with van der Waals surface area (Å²) in [6, 6.07) is 11.4. The number of pyridine rings is 1. The zero-order valence-corrected chi connectivity index (χ0v) is 17.6. The molecule has 8 nitrogen and oxygen atoms in total. The molecule has 0 aliphatic heterocycles. The van der Waals surface area contributed by atoms with Crippen molar-refractivity contribution >= 4 is 11.7 Å². The highest BCUT2D eigenvalue weighted by atomic mass is 16.5. The Hall–Kier alpha value is -3.68. The first-order valence-corrected chi connectivity index (χ1v) is 9.49. The van der Waals surface area contributed by atoms with Gasteiger partial charge in [0.25, 0.3) is 0 Å². The fourth-order valence-electron chi connectivity index (χ4n) is 2.65. The third-order valence-corrected chi connectivity index (χ3v) is 4.65. The van der Waals surface area contributed by atoms with E-state index in [2.05, 4.69) is 15.0 Å². The fraction of sp³-hybridized carbons (Fsp3) is 0.273. The summed E-state index contributed by atoms with van der Waals surface area (Å²) >= 11 is 0. The van der Waals surface area contributed by atoms with Crippen LogP contribution in [0.2, 0.25) is 0 Å². The highest BCUT2D eigenvalue weighted by Gasteiger charge is 2.09. The van der Waals surface area contributed by atoms with Gasteiger partial charge in [-0.25, -0.2) is 4.98 Å². The fourth-order valence-corrected chi connectivity index (χ4v) is 2.65. The summed E-state index contributed by atoms with van der Waals surface area (Å²) in [6.45, 7) is 2.78.